The van der Waals surface area contributed by atoms with Crippen LogP contribution in [0, 0.1) is 19.3 Å². The van der Waals surface area contributed by atoms with Gasteiger partial charge in [0.15, 0.2) is 5.43 Å². The van der Waals surface area contributed by atoms with Gasteiger partial charge in [-0.1, -0.05) is 55.8 Å². The summed E-state index contributed by atoms with van der Waals surface area (Å²) in [6.45, 7) is 12.4. The normalized spacial score (nSPS) is 15.8. The molecular formula is C34H39ClN2O3. The highest BCUT2D eigenvalue weighted by atomic mass is 35.5. The molecule has 0 saturated carbocycles. The van der Waals surface area contributed by atoms with Gasteiger partial charge in [0.25, 0.3) is 0 Å². The fourth-order valence-electron chi connectivity index (χ4n) is 5.72. The minimum atomic E-state index is -0.133. The number of hydrogen-bond donors (Lipinski definition) is 2. The number of anilines is 2. The zero-order chi connectivity index (χ0) is 28.6. The molecule has 40 heavy (non-hydrogen) atoms. The first-order chi connectivity index (χ1) is 19.1. The highest BCUT2D eigenvalue weighted by Gasteiger charge is 2.29. The second kappa shape index (κ2) is 11.3. The first-order valence-electron chi connectivity index (χ1n) is 14.2. The second-order valence-electron chi connectivity index (χ2n) is 11.9. The molecule has 210 valence electrons. The average molecular weight is 559 g/mol. The molecule has 3 aromatic carbocycles. The summed E-state index contributed by atoms with van der Waals surface area (Å²) in [6.07, 6.45) is 2.63. The molecule has 0 unspecified atom stereocenters. The molecule has 5 nitrogen and oxygen atoms in total. The predicted octanol–water partition coefficient (Wildman–Crippen LogP) is 8.06. The zero-order valence-electron chi connectivity index (χ0n) is 24.1. The van der Waals surface area contributed by atoms with Gasteiger partial charge in [-0.25, -0.2) is 0 Å². The van der Waals surface area contributed by atoms with Gasteiger partial charge in [0.1, 0.15) is 5.58 Å². The van der Waals surface area contributed by atoms with Crippen LogP contribution in [0.25, 0.3) is 22.1 Å². The molecule has 0 amide bonds. The van der Waals surface area contributed by atoms with Crippen LogP contribution in [0.2, 0.25) is 5.02 Å². The van der Waals surface area contributed by atoms with Crippen molar-refractivity contribution in [2.45, 2.75) is 59.9 Å². The Balaban J connectivity index is 1.54. The molecule has 1 aliphatic heterocycles. The molecule has 1 saturated heterocycles. The van der Waals surface area contributed by atoms with Crippen molar-refractivity contribution >= 4 is 34.1 Å². The Morgan fingerprint density at radius 3 is 2.52 bits per heavy atom. The SMILES string of the molecule is Cc1cc([C@@H](C)Nc2ccccc2-c2ccc(Cl)c(CCO)c2)c2oc(N3CCC(C)(C)CC3)c(C)c(=O)c2c1. The summed E-state index contributed by atoms with van der Waals surface area (Å²) < 4.78 is 6.64. The summed E-state index contributed by atoms with van der Waals surface area (Å²) in [4.78, 5) is 15.9. The smallest absolute Gasteiger partial charge is 0.202 e. The number of halogens is 1. The van der Waals surface area contributed by atoms with Gasteiger partial charge >= 0.3 is 0 Å². The summed E-state index contributed by atoms with van der Waals surface area (Å²) >= 11 is 6.38. The number of nitrogens with zero attached hydrogens (tertiary/aromatic N) is 1. The van der Waals surface area contributed by atoms with E-state index < -0.39 is 0 Å². The Labute approximate surface area is 241 Å². The van der Waals surface area contributed by atoms with E-state index in [0.717, 1.165) is 59.4 Å². The summed E-state index contributed by atoms with van der Waals surface area (Å²) in [6, 6.07) is 18.0. The van der Waals surface area contributed by atoms with E-state index in [-0.39, 0.29) is 18.1 Å². The van der Waals surface area contributed by atoms with Gasteiger partial charge in [-0.2, -0.15) is 0 Å². The third kappa shape index (κ3) is 5.63. The Morgan fingerprint density at radius 1 is 1.07 bits per heavy atom. The number of nitrogens with one attached hydrogen (secondary N) is 1. The van der Waals surface area contributed by atoms with Gasteiger partial charge in [0.05, 0.1) is 17.0 Å². The maximum atomic E-state index is 13.6. The van der Waals surface area contributed by atoms with Crippen molar-refractivity contribution in [3.8, 4) is 11.1 Å². The molecule has 0 spiro atoms. The topological polar surface area (TPSA) is 65.7 Å². The second-order valence-corrected chi connectivity index (χ2v) is 12.3. The van der Waals surface area contributed by atoms with Crippen LogP contribution in [0.3, 0.4) is 0 Å². The maximum absolute atomic E-state index is 13.6. The molecule has 1 atom stereocenters. The van der Waals surface area contributed by atoms with E-state index in [1.165, 1.54) is 0 Å². The fraction of sp³-hybridized carbons (Fsp3) is 0.382. The molecule has 5 rings (SSSR count). The monoisotopic (exact) mass is 558 g/mol. The maximum Gasteiger partial charge on any atom is 0.202 e. The lowest BCUT2D eigenvalue weighted by molar-refractivity contribution is 0.274. The van der Waals surface area contributed by atoms with Crippen molar-refractivity contribution in [3.05, 3.63) is 92.1 Å². The van der Waals surface area contributed by atoms with E-state index in [2.05, 4.69) is 49.2 Å². The quantitative estimate of drug-likeness (QED) is 0.240. The van der Waals surface area contributed by atoms with Crippen molar-refractivity contribution in [1.29, 1.82) is 0 Å². The van der Waals surface area contributed by atoms with Crippen molar-refractivity contribution in [2.75, 3.05) is 29.9 Å². The lowest BCUT2D eigenvalue weighted by Crippen LogP contribution is -2.38. The molecule has 2 heterocycles. The van der Waals surface area contributed by atoms with E-state index in [1.54, 1.807) is 0 Å². The first kappa shape index (κ1) is 28.3. The largest absolute Gasteiger partial charge is 0.440 e. The third-order valence-corrected chi connectivity index (χ3v) is 8.64. The standard InChI is InChI=1S/C34H39ClN2O3/c1-21-18-27(32-28(19-21)31(39)22(2)33(40-32)37-15-13-34(4,5)14-16-37)23(3)36-30-9-7-6-8-26(30)24-10-11-29(35)25(20-24)12-17-38/h6-11,18-20,23,36,38H,12-17H2,1-5H3/t23-/m1/s1. The van der Waals surface area contributed by atoms with E-state index in [4.69, 9.17) is 16.0 Å². The molecule has 0 radical (unpaired) electrons. The Kier molecular flexibility index (Phi) is 7.98. The number of benzene rings is 3. The molecule has 4 aromatic rings. The molecular weight excluding hydrogens is 520 g/mol. The van der Waals surface area contributed by atoms with E-state index in [1.807, 2.05) is 50.2 Å². The van der Waals surface area contributed by atoms with Crippen LogP contribution in [-0.4, -0.2) is 24.8 Å². The third-order valence-electron chi connectivity index (χ3n) is 8.27. The summed E-state index contributed by atoms with van der Waals surface area (Å²) in [5.74, 6) is 0.697. The number of rotatable bonds is 7. The summed E-state index contributed by atoms with van der Waals surface area (Å²) in [5, 5.41) is 14.4. The predicted molar refractivity (Wildman–Crippen MR) is 167 cm³/mol. The number of aliphatic hydroxyl groups is 1. The van der Waals surface area contributed by atoms with Crippen LogP contribution in [0.15, 0.2) is 63.8 Å². The van der Waals surface area contributed by atoms with Crippen LogP contribution in [0.4, 0.5) is 11.6 Å². The van der Waals surface area contributed by atoms with Gasteiger partial charge < -0.3 is 19.7 Å². The van der Waals surface area contributed by atoms with E-state index in [0.29, 0.717) is 39.3 Å². The molecule has 6 heteroatoms. The average Bonchev–Trinajstić information content (AvgIpc) is 2.92. The highest BCUT2D eigenvalue weighted by molar-refractivity contribution is 6.31. The van der Waals surface area contributed by atoms with Gasteiger partial charge in [0.2, 0.25) is 5.88 Å². The van der Waals surface area contributed by atoms with Gasteiger partial charge in [-0.3, -0.25) is 4.79 Å². The van der Waals surface area contributed by atoms with Crippen LogP contribution in [0.5, 0.6) is 0 Å². The van der Waals surface area contributed by atoms with Crippen molar-refractivity contribution < 1.29 is 9.52 Å². The van der Waals surface area contributed by atoms with Gasteiger partial charge in [0, 0.05) is 41.5 Å². The minimum Gasteiger partial charge on any atom is -0.440 e. The Morgan fingerprint density at radius 2 is 1.80 bits per heavy atom. The number of hydrogen-bond acceptors (Lipinski definition) is 5. The molecule has 0 bridgehead atoms. The van der Waals surface area contributed by atoms with Crippen LogP contribution in [0.1, 0.15) is 61.9 Å². The van der Waals surface area contributed by atoms with Gasteiger partial charge in [-0.05, 0) is 86.4 Å². The fourth-order valence-corrected chi connectivity index (χ4v) is 5.93. The number of aryl methyl sites for hydroxylation is 1. The van der Waals surface area contributed by atoms with Crippen molar-refractivity contribution in [2.24, 2.45) is 5.41 Å². The van der Waals surface area contributed by atoms with Crippen LogP contribution >= 0.6 is 11.6 Å². The summed E-state index contributed by atoms with van der Waals surface area (Å²) in [7, 11) is 0. The Hall–Kier alpha value is -3.28. The van der Waals surface area contributed by atoms with Crippen molar-refractivity contribution in [1.82, 2.24) is 0 Å². The number of aliphatic hydroxyl groups excluding tert-OH is 1. The zero-order valence-corrected chi connectivity index (χ0v) is 24.9. The number of piperidine rings is 1. The van der Waals surface area contributed by atoms with Crippen molar-refractivity contribution in [3.63, 3.8) is 0 Å². The van der Waals surface area contributed by atoms with Crippen LogP contribution in [-0.2, 0) is 6.42 Å². The molecule has 0 aliphatic carbocycles. The summed E-state index contributed by atoms with van der Waals surface area (Å²) in [5.41, 5.74) is 7.59. The molecule has 1 aliphatic rings. The Bertz CT molecular complexity index is 1600. The van der Waals surface area contributed by atoms with E-state index >= 15 is 0 Å². The van der Waals surface area contributed by atoms with Gasteiger partial charge in [-0.15, -0.1) is 0 Å². The minimum absolute atomic E-state index is 0.0382. The number of fused-ring (bicyclic) bond motifs is 1. The first-order valence-corrected chi connectivity index (χ1v) is 14.5. The lowest BCUT2D eigenvalue weighted by Gasteiger charge is -2.37. The molecule has 2 N–H and O–H groups in total. The molecule has 1 fully saturated rings. The number of para-hydroxylation sites is 1. The molecule has 1 aromatic heterocycles. The van der Waals surface area contributed by atoms with Crippen LogP contribution < -0.4 is 15.6 Å². The highest BCUT2D eigenvalue weighted by Crippen LogP contribution is 2.37. The lowest BCUT2D eigenvalue weighted by atomic mass is 9.82. The van der Waals surface area contributed by atoms with E-state index in [9.17, 15) is 9.90 Å².